The van der Waals surface area contributed by atoms with E-state index < -0.39 is 50.4 Å². The van der Waals surface area contributed by atoms with Crippen molar-refractivity contribution in [2.24, 2.45) is 0 Å². The molecule has 4 atom stereocenters. The van der Waals surface area contributed by atoms with Gasteiger partial charge < -0.3 is 20.4 Å². The Morgan fingerprint density at radius 2 is 1.12 bits per heavy atom. The van der Waals surface area contributed by atoms with E-state index in [1.807, 2.05) is 0 Å². The largest absolute Gasteiger partial charge is 0.391 e. The number of thiol groups is 2. The highest BCUT2D eigenvalue weighted by Crippen LogP contribution is 2.10. The van der Waals surface area contributed by atoms with Crippen LogP contribution in [-0.4, -0.2) is 66.3 Å². The molecule has 0 spiro atoms. The fourth-order valence-corrected chi connectivity index (χ4v) is 2.46. The Balaban J connectivity index is 4.95. The molecule has 0 heterocycles. The minimum atomic E-state index is -3.52. The van der Waals surface area contributed by atoms with Gasteiger partial charge >= 0.3 is 0 Å². The summed E-state index contributed by atoms with van der Waals surface area (Å²) in [6.07, 6.45) is -7.58. The van der Waals surface area contributed by atoms with Gasteiger partial charge in [0.15, 0.2) is 26.0 Å². The molecule has 8 nitrogen and oxygen atoms in total. The molecule has 0 aliphatic heterocycles. The molecular formula is C6H14O8S2. The lowest BCUT2D eigenvalue weighted by molar-refractivity contribution is -0.0957. The number of rotatable bonds is 6. The van der Waals surface area contributed by atoms with Crippen LogP contribution >= 0.6 is 0 Å². The van der Waals surface area contributed by atoms with E-state index in [-0.39, 0.29) is 0 Å². The lowest BCUT2D eigenvalue weighted by atomic mass is 10.1. The topological polar surface area (TPSA) is 149 Å². The van der Waals surface area contributed by atoms with E-state index in [1.165, 1.54) is 0 Å². The van der Waals surface area contributed by atoms with Crippen LogP contribution in [0.3, 0.4) is 0 Å². The van der Waals surface area contributed by atoms with Crippen molar-refractivity contribution in [1.82, 2.24) is 0 Å². The lowest BCUT2D eigenvalue weighted by Crippen LogP contribution is -2.49. The minimum Gasteiger partial charge on any atom is -0.391 e. The first-order valence-electron chi connectivity index (χ1n) is 4.19. The van der Waals surface area contributed by atoms with E-state index in [4.69, 9.17) is 10.2 Å². The molecule has 0 bridgehead atoms. The zero-order valence-electron chi connectivity index (χ0n) is 8.20. The van der Waals surface area contributed by atoms with Gasteiger partial charge in [-0.05, 0) is 6.92 Å². The Bertz CT molecular complexity index is 322. The highest BCUT2D eigenvalue weighted by atomic mass is 32.2. The summed E-state index contributed by atoms with van der Waals surface area (Å²) in [5.74, 6) is 0. The summed E-state index contributed by atoms with van der Waals surface area (Å²) in [7, 11) is -7.04. The fourth-order valence-electron chi connectivity index (χ4n) is 0.990. The van der Waals surface area contributed by atoms with Crippen molar-refractivity contribution in [2.45, 2.75) is 35.9 Å². The second-order valence-corrected chi connectivity index (χ2v) is 5.86. The molecule has 0 aliphatic rings. The molecular weight excluding hydrogens is 264 g/mol. The van der Waals surface area contributed by atoms with Crippen LogP contribution in [0.15, 0.2) is 0 Å². The highest BCUT2D eigenvalue weighted by Gasteiger charge is 2.36. The lowest BCUT2D eigenvalue weighted by Gasteiger charge is -2.25. The van der Waals surface area contributed by atoms with Gasteiger partial charge in [0, 0.05) is 0 Å². The Labute approximate surface area is 95.1 Å². The van der Waals surface area contributed by atoms with E-state index in [9.17, 15) is 27.0 Å². The van der Waals surface area contributed by atoms with Crippen LogP contribution < -0.4 is 0 Å². The summed E-state index contributed by atoms with van der Waals surface area (Å²) in [5, 5.41) is 36.5. The summed E-state index contributed by atoms with van der Waals surface area (Å²) in [5.41, 5.74) is 0. The van der Waals surface area contributed by atoms with Crippen LogP contribution in [0.4, 0.5) is 0 Å². The molecule has 0 saturated carbocycles. The van der Waals surface area contributed by atoms with Gasteiger partial charge in [-0.1, -0.05) is 0 Å². The van der Waals surface area contributed by atoms with Gasteiger partial charge in [-0.15, -0.1) is 0 Å². The van der Waals surface area contributed by atoms with Crippen LogP contribution in [-0.2, 0) is 21.4 Å². The van der Waals surface area contributed by atoms with Gasteiger partial charge in [-0.3, -0.25) is 0 Å². The van der Waals surface area contributed by atoms with Crippen molar-refractivity contribution in [1.29, 1.82) is 0 Å². The van der Waals surface area contributed by atoms with Gasteiger partial charge in [0.05, 0.1) is 6.10 Å². The van der Waals surface area contributed by atoms with Crippen molar-refractivity contribution in [3.63, 3.8) is 0 Å². The maximum atomic E-state index is 10.5. The van der Waals surface area contributed by atoms with Gasteiger partial charge in [-0.2, -0.15) is 0 Å². The van der Waals surface area contributed by atoms with E-state index in [0.29, 0.717) is 0 Å². The third-order valence-electron chi connectivity index (χ3n) is 1.93. The highest BCUT2D eigenvalue weighted by molar-refractivity contribution is 7.91. The molecule has 10 heteroatoms. The monoisotopic (exact) mass is 278 g/mol. The maximum Gasteiger partial charge on any atom is 0.186 e. The maximum absolute atomic E-state index is 10.5. The molecule has 98 valence electrons. The minimum absolute atomic E-state index is 1.09. The molecule has 16 heavy (non-hydrogen) atoms. The Morgan fingerprint density at radius 1 is 0.750 bits per heavy atom. The zero-order valence-corrected chi connectivity index (χ0v) is 9.99. The number of aliphatic hydroxyl groups is 4. The summed E-state index contributed by atoms with van der Waals surface area (Å²) in [4.78, 5) is 0. The first-order valence-corrected chi connectivity index (χ1v) is 6.68. The van der Waals surface area contributed by atoms with Crippen LogP contribution in [0.1, 0.15) is 6.92 Å². The number of hydrogen-bond acceptors (Lipinski definition) is 8. The number of aliphatic hydroxyl groups excluding tert-OH is 4. The van der Waals surface area contributed by atoms with Crippen LogP contribution in [0.5, 0.6) is 0 Å². The zero-order chi connectivity index (χ0) is 13.0. The number of hydrogen-bond donors (Lipinski definition) is 6. The first-order chi connectivity index (χ1) is 7.20. The summed E-state index contributed by atoms with van der Waals surface area (Å²) in [6.45, 7) is 1.09. The molecule has 0 aromatic heterocycles. The molecule has 4 N–H and O–H groups in total. The van der Waals surface area contributed by atoms with E-state index in [0.717, 1.165) is 6.92 Å². The van der Waals surface area contributed by atoms with E-state index in [2.05, 4.69) is 0 Å². The SMILES string of the molecule is CC(O)[C@H](O)[C@@H](O)C(O)C([SH](=O)=O)[SH](=O)=O. The molecule has 0 aromatic carbocycles. The van der Waals surface area contributed by atoms with Crippen molar-refractivity contribution >= 4 is 21.4 Å². The van der Waals surface area contributed by atoms with Crippen molar-refractivity contribution < 1.29 is 37.3 Å². The molecule has 0 aliphatic carbocycles. The third kappa shape index (κ3) is 3.96. The van der Waals surface area contributed by atoms with Crippen molar-refractivity contribution in [3.05, 3.63) is 0 Å². The van der Waals surface area contributed by atoms with E-state index in [1.54, 1.807) is 0 Å². The molecule has 0 radical (unpaired) electrons. The van der Waals surface area contributed by atoms with Crippen LogP contribution in [0.2, 0.25) is 0 Å². The van der Waals surface area contributed by atoms with Gasteiger partial charge in [0.25, 0.3) is 0 Å². The summed E-state index contributed by atoms with van der Waals surface area (Å²) in [6, 6.07) is 0. The quantitative estimate of drug-likeness (QED) is 0.269. The van der Waals surface area contributed by atoms with Gasteiger partial charge in [0.2, 0.25) is 0 Å². The third-order valence-corrected chi connectivity index (χ3v) is 4.54. The Morgan fingerprint density at radius 3 is 1.38 bits per heavy atom. The summed E-state index contributed by atoms with van der Waals surface area (Å²) >= 11 is 0. The van der Waals surface area contributed by atoms with E-state index >= 15 is 0 Å². The molecule has 0 amide bonds. The second-order valence-electron chi connectivity index (χ2n) is 3.20. The van der Waals surface area contributed by atoms with Gasteiger partial charge in [0.1, 0.15) is 18.3 Å². The predicted octanol–water partition coefficient (Wildman–Crippen LogP) is -4.00. The van der Waals surface area contributed by atoms with Crippen molar-refractivity contribution in [3.8, 4) is 0 Å². The normalized spacial score (nSPS) is 20.0. The first kappa shape index (κ1) is 15.7. The molecule has 0 fully saturated rings. The Hall–Kier alpha value is -0.260. The second kappa shape index (κ2) is 6.47. The molecule has 0 saturated heterocycles. The smallest absolute Gasteiger partial charge is 0.186 e. The predicted molar refractivity (Wildman–Crippen MR) is 54.1 cm³/mol. The van der Waals surface area contributed by atoms with Crippen molar-refractivity contribution in [2.75, 3.05) is 0 Å². The standard InChI is InChI=1S/C6H14O8S2/c1-2(7)3(8)4(9)5(10)6(15(11)12)16(13)14/h2-10,15-16H,1H3/t2?,3-,4+,5?/m0/s1. The molecule has 0 aromatic rings. The van der Waals surface area contributed by atoms with Gasteiger partial charge in [-0.25, -0.2) is 16.8 Å². The van der Waals surface area contributed by atoms with Crippen LogP contribution in [0.25, 0.3) is 0 Å². The van der Waals surface area contributed by atoms with Crippen LogP contribution in [0, 0.1) is 0 Å². The average molecular weight is 278 g/mol. The summed E-state index contributed by atoms with van der Waals surface area (Å²) < 4.78 is 39.9. The average Bonchev–Trinajstić information content (AvgIpc) is 2.13. The molecule has 0 rings (SSSR count). The Kier molecular flexibility index (Phi) is 6.36. The fraction of sp³-hybridized carbons (Fsp3) is 1.00. The molecule has 2 unspecified atom stereocenters.